The van der Waals surface area contributed by atoms with Gasteiger partial charge in [-0.2, -0.15) is 16.1 Å². The number of aryl methyl sites for hydroxylation is 1. The van der Waals surface area contributed by atoms with Crippen molar-refractivity contribution in [1.82, 2.24) is 18.3 Å². The monoisotopic (exact) mass is 420 g/mol. The summed E-state index contributed by atoms with van der Waals surface area (Å²) >= 11 is 3.10. The van der Waals surface area contributed by atoms with Crippen LogP contribution in [0.4, 0.5) is 0 Å². The van der Waals surface area contributed by atoms with E-state index in [1.807, 2.05) is 0 Å². The second-order valence-corrected chi connectivity index (χ2v) is 10.2. The minimum Gasteiger partial charge on any atom is -0.340 e. The van der Waals surface area contributed by atoms with Crippen molar-refractivity contribution < 1.29 is 13.2 Å². The second kappa shape index (κ2) is 7.41. The molecule has 0 aromatic carbocycles. The van der Waals surface area contributed by atoms with Gasteiger partial charge in [-0.1, -0.05) is 0 Å². The fourth-order valence-corrected chi connectivity index (χ4v) is 7.12. The Labute approximate surface area is 159 Å². The number of thioether (sulfide) groups is 2. The summed E-state index contributed by atoms with van der Waals surface area (Å²) in [5, 5.41) is 0. The highest BCUT2D eigenvalue weighted by molar-refractivity contribution is 8.00. The summed E-state index contributed by atoms with van der Waals surface area (Å²) < 4.78 is 29.1. The predicted molar refractivity (Wildman–Crippen MR) is 101 cm³/mol. The Balaban J connectivity index is 1.97. The molecule has 2 saturated heterocycles. The van der Waals surface area contributed by atoms with Crippen molar-refractivity contribution in [2.75, 3.05) is 36.2 Å². The van der Waals surface area contributed by atoms with Gasteiger partial charge in [0.25, 0.3) is 15.6 Å². The number of sulfonamides is 1. The van der Waals surface area contributed by atoms with E-state index in [1.54, 1.807) is 16.7 Å². The first-order chi connectivity index (χ1) is 12.2. The Morgan fingerprint density at radius 2 is 1.81 bits per heavy atom. The number of hydrogen-bond donors (Lipinski definition) is 0. The number of carbonyl (C=O) groups excluding carboxylic acids is 1. The standard InChI is InChI=1S/C14H20N4O5S3/c1-15-7-11(13(20)16(2)14(15)21)26(22,23)18-9-25-8-10(18)12(19)17-3-5-24-6-4-17/h7,10H,3-6,8-9H2,1-2H3/t10-/m1/s1. The van der Waals surface area contributed by atoms with Crippen molar-refractivity contribution in [1.29, 1.82) is 0 Å². The molecule has 26 heavy (non-hydrogen) atoms. The molecule has 2 fully saturated rings. The fourth-order valence-electron chi connectivity index (χ4n) is 2.93. The van der Waals surface area contributed by atoms with E-state index in [0.717, 1.165) is 31.1 Å². The number of aromatic nitrogens is 2. The molecule has 144 valence electrons. The lowest BCUT2D eigenvalue weighted by molar-refractivity contribution is -0.133. The molecule has 1 aromatic heterocycles. The van der Waals surface area contributed by atoms with Crippen LogP contribution in [0.5, 0.6) is 0 Å². The van der Waals surface area contributed by atoms with Crippen LogP contribution in [0.15, 0.2) is 20.7 Å². The van der Waals surface area contributed by atoms with Gasteiger partial charge in [0.05, 0.1) is 5.88 Å². The van der Waals surface area contributed by atoms with E-state index in [0.29, 0.717) is 18.8 Å². The normalized spacial score (nSPS) is 21.9. The van der Waals surface area contributed by atoms with E-state index in [1.165, 1.54) is 25.9 Å². The zero-order valence-corrected chi connectivity index (χ0v) is 16.9. The lowest BCUT2D eigenvalue weighted by Crippen LogP contribution is -2.52. The molecule has 0 saturated carbocycles. The van der Waals surface area contributed by atoms with E-state index in [-0.39, 0.29) is 11.8 Å². The van der Waals surface area contributed by atoms with Crippen LogP contribution >= 0.6 is 23.5 Å². The minimum absolute atomic E-state index is 0.104. The third-order valence-corrected chi connectivity index (χ3v) is 8.41. The number of nitrogens with zero attached hydrogens (tertiary/aromatic N) is 4. The van der Waals surface area contributed by atoms with Gasteiger partial charge >= 0.3 is 5.69 Å². The topological polar surface area (TPSA) is 102 Å². The Bertz CT molecular complexity index is 933. The maximum absolute atomic E-state index is 13.1. The maximum Gasteiger partial charge on any atom is 0.330 e. The highest BCUT2D eigenvalue weighted by atomic mass is 32.2. The van der Waals surface area contributed by atoms with Gasteiger partial charge in [-0.05, 0) is 0 Å². The smallest absolute Gasteiger partial charge is 0.330 e. The molecule has 1 atom stereocenters. The molecule has 2 aliphatic heterocycles. The van der Waals surface area contributed by atoms with Crippen LogP contribution in [-0.2, 0) is 28.9 Å². The molecule has 0 bridgehead atoms. The number of amides is 1. The number of carbonyl (C=O) groups is 1. The summed E-state index contributed by atoms with van der Waals surface area (Å²) in [6.45, 7) is 1.19. The molecule has 0 N–H and O–H groups in total. The maximum atomic E-state index is 13.1. The van der Waals surface area contributed by atoms with Gasteiger partial charge in [-0.25, -0.2) is 13.2 Å². The molecule has 3 rings (SSSR count). The molecule has 0 radical (unpaired) electrons. The summed E-state index contributed by atoms with van der Waals surface area (Å²) in [7, 11) is -1.58. The van der Waals surface area contributed by atoms with Crippen molar-refractivity contribution >= 4 is 39.5 Å². The SMILES string of the molecule is Cn1cc(S(=O)(=O)N2CSC[C@@H]2C(=O)N2CCSCC2)c(=O)n(C)c1=O. The van der Waals surface area contributed by atoms with Crippen molar-refractivity contribution in [3.63, 3.8) is 0 Å². The molecule has 1 amide bonds. The fraction of sp³-hybridized carbons (Fsp3) is 0.643. The molecule has 1 aromatic rings. The third-order valence-electron chi connectivity index (χ3n) is 4.45. The van der Waals surface area contributed by atoms with Crippen LogP contribution < -0.4 is 11.2 Å². The van der Waals surface area contributed by atoms with Gasteiger partial charge in [0, 0.05) is 50.6 Å². The molecule has 9 nitrogen and oxygen atoms in total. The average Bonchev–Trinajstić information content (AvgIpc) is 3.13. The lowest BCUT2D eigenvalue weighted by atomic mass is 10.3. The number of hydrogen-bond acceptors (Lipinski definition) is 7. The van der Waals surface area contributed by atoms with Gasteiger partial charge in [0.1, 0.15) is 6.04 Å². The molecule has 3 heterocycles. The quantitative estimate of drug-likeness (QED) is 0.600. The largest absolute Gasteiger partial charge is 0.340 e. The Morgan fingerprint density at radius 1 is 1.15 bits per heavy atom. The van der Waals surface area contributed by atoms with Crippen LogP contribution in [0, 0.1) is 0 Å². The summed E-state index contributed by atoms with van der Waals surface area (Å²) in [5.74, 6) is 1.90. The molecule has 12 heteroatoms. The summed E-state index contributed by atoms with van der Waals surface area (Å²) in [6, 6.07) is -0.824. The van der Waals surface area contributed by atoms with Gasteiger partial charge in [-0.15, -0.1) is 11.8 Å². The van der Waals surface area contributed by atoms with Crippen LogP contribution in [0.3, 0.4) is 0 Å². The molecule has 2 aliphatic rings. The Hall–Kier alpha value is -1.24. The van der Waals surface area contributed by atoms with Crippen molar-refractivity contribution in [2.24, 2.45) is 14.1 Å². The molecular formula is C14H20N4O5S3. The van der Waals surface area contributed by atoms with E-state index in [4.69, 9.17) is 0 Å². The van der Waals surface area contributed by atoms with E-state index >= 15 is 0 Å². The minimum atomic E-state index is -4.20. The van der Waals surface area contributed by atoms with Gasteiger partial charge in [0.2, 0.25) is 5.91 Å². The summed E-state index contributed by atoms with van der Waals surface area (Å²) in [4.78, 5) is 38.2. The van der Waals surface area contributed by atoms with Crippen LogP contribution in [0.2, 0.25) is 0 Å². The average molecular weight is 421 g/mol. The highest BCUT2D eigenvalue weighted by Crippen LogP contribution is 2.28. The van der Waals surface area contributed by atoms with Crippen LogP contribution in [-0.4, -0.2) is 74.9 Å². The van der Waals surface area contributed by atoms with Crippen molar-refractivity contribution in [3.8, 4) is 0 Å². The molecule has 0 aliphatic carbocycles. The third kappa shape index (κ3) is 3.35. The van der Waals surface area contributed by atoms with Gasteiger partial charge in [-0.3, -0.25) is 14.2 Å². The molecule has 0 unspecified atom stereocenters. The Morgan fingerprint density at radius 3 is 2.46 bits per heavy atom. The highest BCUT2D eigenvalue weighted by Gasteiger charge is 2.43. The first kappa shape index (κ1) is 19.5. The summed E-state index contributed by atoms with van der Waals surface area (Å²) in [6.07, 6.45) is 1.03. The second-order valence-electron chi connectivity index (χ2n) is 6.10. The van der Waals surface area contributed by atoms with Gasteiger partial charge in [0.15, 0.2) is 4.90 Å². The van der Waals surface area contributed by atoms with E-state index in [2.05, 4.69) is 0 Å². The summed E-state index contributed by atoms with van der Waals surface area (Å²) in [5.41, 5.74) is -1.49. The molecular weight excluding hydrogens is 400 g/mol. The lowest BCUT2D eigenvalue weighted by Gasteiger charge is -2.31. The van der Waals surface area contributed by atoms with Gasteiger partial charge < -0.3 is 9.47 Å². The van der Waals surface area contributed by atoms with Crippen LogP contribution in [0.1, 0.15) is 0 Å². The Kier molecular flexibility index (Phi) is 5.56. The van der Waals surface area contributed by atoms with E-state index < -0.39 is 32.2 Å². The zero-order valence-electron chi connectivity index (χ0n) is 14.5. The predicted octanol–water partition coefficient (Wildman–Crippen LogP) is -1.28. The first-order valence-corrected chi connectivity index (χ1v) is 11.7. The molecule has 0 spiro atoms. The first-order valence-electron chi connectivity index (χ1n) is 7.98. The van der Waals surface area contributed by atoms with Crippen LogP contribution in [0.25, 0.3) is 0 Å². The van der Waals surface area contributed by atoms with E-state index in [9.17, 15) is 22.8 Å². The van der Waals surface area contributed by atoms with Crippen molar-refractivity contribution in [2.45, 2.75) is 10.9 Å². The van der Waals surface area contributed by atoms with Crippen molar-refractivity contribution in [3.05, 3.63) is 27.0 Å². The number of rotatable bonds is 3. The zero-order chi connectivity index (χ0) is 19.1.